The van der Waals surface area contributed by atoms with Crippen LogP contribution in [0.4, 0.5) is 0 Å². The lowest BCUT2D eigenvalue weighted by Crippen LogP contribution is -1.96. The zero-order valence-electron chi connectivity index (χ0n) is 9.00. The van der Waals surface area contributed by atoms with Crippen LogP contribution in [0, 0.1) is 13.8 Å². The van der Waals surface area contributed by atoms with Gasteiger partial charge in [0.2, 0.25) is 16.7 Å². The third kappa shape index (κ3) is 1.10. The molecule has 0 aliphatic carbocycles. The van der Waals surface area contributed by atoms with Crippen molar-refractivity contribution in [1.29, 1.82) is 0 Å². The molecule has 80 valence electrons. The molecule has 0 aliphatic rings. The van der Waals surface area contributed by atoms with Gasteiger partial charge in [-0.3, -0.25) is 4.79 Å². The number of pyridine rings is 2. The van der Waals surface area contributed by atoms with Crippen molar-refractivity contribution in [2.24, 2.45) is 0 Å². The van der Waals surface area contributed by atoms with E-state index in [1.807, 2.05) is 19.9 Å². The smallest absolute Gasteiger partial charge is 0.229 e. The molecule has 0 fully saturated rings. The second-order valence-corrected chi connectivity index (χ2v) is 3.91. The first-order valence-electron chi connectivity index (χ1n) is 5.05. The fourth-order valence-corrected chi connectivity index (χ4v) is 2.03. The van der Waals surface area contributed by atoms with Crippen LogP contribution < -0.4 is 5.43 Å². The van der Waals surface area contributed by atoms with Gasteiger partial charge in [0.15, 0.2) is 0 Å². The summed E-state index contributed by atoms with van der Waals surface area (Å²) < 4.78 is 5.49. The van der Waals surface area contributed by atoms with Gasteiger partial charge in [-0.05, 0) is 25.5 Å². The van der Waals surface area contributed by atoms with Gasteiger partial charge in [0.1, 0.15) is 0 Å². The van der Waals surface area contributed by atoms with Crippen molar-refractivity contribution in [3.05, 3.63) is 39.8 Å². The van der Waals surface area contributed by atoms with Gasteiger partial charge < -0.3 is 9.40 Å². The lowest BCUT2D eigenvalue weighted by molar-refractivity contribution is 0.648. The first kappa shape index (κ1) is 9.15. The molecule has 0 spiro atoms. The Labute approximate surface area is 90.9 Å². The van der Waals surface area contributed by atoms with Gasteiger partial charge in [-0.2, -0.15) is 0 Å². The number of hydrogen-bond donors (Lipinski definition) is 1. The number of aromatic nitrogens is 2. The number of fused-ring (bicyclic) bond motifs is 3. The number of nitrogens with zero attached hydrogens (tertiary/aromatic N) is 1. The summed E-state index contributed by atoms with van der Waals surface area (Å²) in [4.78, 5) is 18.9. The van der Waals surface area contributed by atoms with E-state index in [1.54, 1.807) is 6.20 Å². The molecule has 0 unspecified atom stereocenters. The predicted molar refractivity (Wildman–Crippen MR) is 61.6 cm³/mol. The van der Waals surface area contributed by atoms with Crippen LogP contribution >= 0.6 is 0 Å². The summed E-state index contributed by atoms with van der Waals surface area (Å²) >= 11 is 0. The first-order chi connectivity index (χ1) is 7.66. The molecule has 0 aliphatic heterocycles. The summed E-state index contributed by atoms with van der Waals surface area (Å²) in [6.45, 7) is 3.89. The van der Waals surface area contributed by atoms with Gasteiger partial charge in [-0.15, -0.1) is 0 Å². The fourth-order valence-electron chi connectivity index (χ4n) is 2.03. The Morgan fingerprint density at radius 2 is 2.19 bits per heavy atom. The quantitative estimate of drug-likeness (QED) is 0.624. The molecule has 0 radical (unpaired) electrons. The summed E-state index contributed by atoms with van der Waals surface area (Å²) in [6.07, 6.45) is 1.62. The van der Waals surface area contributed by atoms with Crippen LogP contribution in [0.5, 0.6) is 0 Å². The van der Waals surface area contributed by atoms with Gasteiger partial charge in [-0.25, -0.2) is 4.98 Å². The summed E-state index contributed by atoms with van der Waals surface area (Å²) in [5, 5.41) is 0.887. The van der Waals surface area contributed by atoms with Crippen LogP contribution in [-0.4, -0.2) is 9.97 Å². The topological polar surface area (TPSA) is 58.9 Å². The second-order valence-electron chi connectivity index (χ2n) is 3.91. The Bertz CT molecular complexity index is 753. The van der Waals surface area contributed by atoms with Crippen LogP contribution in [0.2, 0.25) is 0 Å². The van der Waals surface area contributed by atoms with Crippen LogP contribution in [0.1, 0.15) is 11.3 Å². The van der Waals surface area contributed by atoms with E-state index < -0.39 is 0 Å². The number of rotatable bonds is 0. The van der Waals surface area contributed by atoms with Crippen LogP contribution in [0.25, 0.3) is 22.2 Å². The maximum Gasteiger partial charge on any atom is 0.229 e. The molecule has 0 aromatic carbocycles. The van der Waals surface area contributed by atoms with E-state index in [2.05, 4.69) is 9.97 Å². The van der Waals surface area contributed by atoms with Gasteiger partial charge in [0.25, 0.3) is 0 Å². The molecular weight excluding hydrogens is 204 g/mol. The highest BCUT2D eigenvalue weighted by molar-refractivity contribution is 6.02. The second kappa shape index (κ2) is 2.95. The predicted octanol–water partition coefficient (Wildman–Crippen LogP) is 2.29. The monoisotopic (exact) mass is 214 g/mol. The number of hydrogen-bond acceptors (Lipinski definition) is 3. The SMILES string of the molecule is Cc1cc(C)c2c(n1)oc1c(=O)cc[nH]c12. The Morgan fingerprint density at radius 1 is 1.38 bits per heavy atom. The van der Waals surface area contributed by atoms with E-state index in [4.69, 9.17) is 4.42 Å². The lowest BCUT2D eigenvalue weighted by atomic mass is 10.1. The Hall–Kier alpha value is -2.10. The summed E-state index contributed by atoms with van der Waals surface area (Å²) in [5.41, 5.74) is 3.42. The standard InChI is InChI=1S/C12H10N2O2/c1-6-5-7(2)14-12-9(6)10-11(16-12)8(15)3-4-13-10/h3-5H,1-2H3,(H,13,15). The number of aryl methyl sites for hydroxylation is 2. The third-order valence-corrected chi connectivity index (χ3v) is 2.67. The van der Waals surface area contributed by atoms with Gasteiger partial charge >= 0.3 is 0 Å². The van der Waals surface area contributed by atoms with Crippen molar-refractivity contribution < 1.29 is 4.42 Å². The molecule has 3 heterocycles. The molecule has 4 nitrogen and oxygen atoms in total. The third-order valence-electron chi connectivity index (χ3n) is 2.67. The van der Waals surface area contributed by atoms with E-state index in [-0.39, 0.29) is 5.43 Å². The molecule has 0 amide bonds. The highest BCUT2D eigenvalue weighted by Gasteiger charge is 2.13. The van der Waals surface area contributed by atoms with Crippen LogP contribution in [-0.2, 0) is 0 Å². The average Bonchev–Trinajstić information content (AvgIpc) is 2.57. The molecule has 16 heavy (non-hydrogen) atoms. The van der Waals surface area contributed by atoms with Crippen molar-refractivity contribution in [2.75, 3.05) is 0 Å². The zero-order valence-corrected chi connectivity index (χ0v) is 9.00. The number of H-pyrrole nitrogens is 1. The highest BCUT2D eigenvalue weighted by Crippen LogP contribution is 2.26. The van der Waals surface area contributed by atoms with E-state index in [9.17, 15) is 4.79 Å². The van der Waals surface area contributed by atoms with Crippen molar-refractivity contribution in [3.63, 3.8) is 0 Å². The molecule has 3 aromatic heterocycles. The summed E-state index contributed by atoms with van der Waals surface area (Å²) in [6, 6.07) is 3.43. The van der Waals surface area contributed by atoms with E-state index >= 15 is 0 Å². The Kier molecular flexibility index (Phi) is 1.68. The minimum absolute atomic E-state index is 0.121. The first-order valence-corrected chi connectivity index (χ1v) is 5.05. The highest BCUT2D eigenvalue weighted by atomic mass is 16.3. The summed E-state index contributed by atoms with van der Waals surface area (Å²) in [5.74, 6) is 0. The Balaban J connectivity index is 2.67. The molecule has 4 heteroatoms. The average molecular weight is 214 g/mol. The lowest BCUT2D eigenvalue weighted by Gasteiger charge is -1.96. The normalized spacial score (nSPS) is 11.4. The molecule has 1 N–H and O–H groups in total. The molecule has 0 bridgehead atoms. The molecular formula is C12H10N2O2. The number of aromatic amines is 1. The van der Waals surface area contributed by atoms with E-state index in [0.717, 1.165) is 22.2 Å². The van der Waals surface area contributed by atoms with Crippen LogP contribution in [0.15, 0.2) is 27.5 Å². The zero-order chi connectivity index (χ0) is 11.3. The minimum Gasteiger partial charge on any atom is -0.432 e. The van der Waals surface area contributed by atoms with Gasteiger partial charge in [-0.1, -0.05) is 0 Å². The van der Waals surface area contributed by atoms with E-state index in [1.165, 1.54) is 6.07 Å². The largest absolute Gasteiger partial charge is 0.432 e. The van der Waals surface area contributed by atoms with Crippen molar-refractivity contribution in [1.82, 2.24) is 9.97 Å². The fraction of sp³-hybridized carbons (Fsp3) is 0.167. The van der Waals surface area contributed by atoms with E-state index in [0.29, 0.717) is 11.3 Å². The molecule has 3 aromatic rings. The van der Waals surface area contributed by atoms with Gasteiger partial charge in [0, 0.05) is 18.0 Å². The number of nitrogens with one attached hydrogen (secondary N) is 1. The Morgan fingerprint density at radius 3 is 3.00 bits per heavy atom. The maximum atomic E-state index is 11.6. The molecule has 0 atom stereocenters. The molecule has 0 saturated carbocycles. The molecule has 0 saturated heterocycles. The molecule has 3 rings (SSSR count). The van der Waals surface area contributed by atoms with Crippen molar-refractivity contribution in [2.45, 2.75) is 13.8 Å². The van der Waals surface area contributed by atoms with Crippen LogP contribution in [0.3, 0.4) is 0 Å². The minimum atomic E-state index is -0.121. The maximum absolute atomic E-state index is 11.6. The van der Waals surface area contributed by atoms with Crippen molar-refractivity contribution >= 4 is 22.2 Å². The summed E-state index contributed by atoms with van der Waals surface area (Å²) in [7, 11) is 0. The van der Waals surface area contributed by atoms with Crippen molar-refractivity contribution in [3.8, 4) is 0 Å². The number of furan rings is 1. The van der Waals surface area contributed by atoms with Gasteiger partial charge in [0.05, 0.1) is 10.9 Å².